The molecule has 1 aromatic heterocycles. The summed E-state index contributed by atoms with van der Waals surface area (Å²) in [7, 11) is 0. The summed E-state index contributed by atoms with van der Waals surface area (Å²) in [5, 5.41) is 7.94. The van der Waals surface area contributed by atoms with E-state index in [0.717, 1.165) is 25.6 Å². The van der Waals surface area contributed by atoms with E-state index in [1.165, 1.54) is 29.7 Å². The van der Waals surface area contributed by atoms with Gasteiger partial charge in [-0.25, -0.2) is 0 Å². The predicted molar refractivity (Wildman–Crippen MR) is 66.3 cm³/mol. The Bertz CT molecular complexity index is 375. The molecule has 3 heteroatoms. The zero-order valence-corrected chi connectivity index (χ0v) is 10.3. The van der Waals surface area contributed by atoms with Gasteiger partial charge in [-0.3, -0.25) is 4.68 Å². The maximum Gasteiger partial charge on any atom is 0.0537 e. The lowest BCUT2D eigenvalue weighted by molar-refractivity contribution is 0.593. The quantitative estimate of drug-likeness (QED) is 0.745. The van der Waals surface area contributed by atoms with Gasteiger partial charge in [-0.2, -0.15) is 5.10 Å². The lowest BCUT2D eigenvalue weighted by atomic mass is 10.2. The van der Waals surface area contributed by atoms with Gasteiger partial charge in [0.1, 0.15) is 0 Å². The molecule has 0 spiro atoms. The molecule has 1 N–H and O–H groups in total. The summed E-state index contributed by atoms with van der Waals surface area (Å²) in [6.07, 6.45) is 5.67. The molecule has 1 aromatic rings. The SMILES string of the molecule is C=C(C)CCn1ncc(CNC2CC2)c1C. The summed E-state index contributed by atoms with van der Waals surface area (Å²) in [6, 6.07) is 0.762. The van der Waals surface area contributed by atoms with Gasteiger partial charge in [-0.1, -0.05) is 5.57 Å². The summed E-state index contributed by atoms with van der Waals surface area (Å²) >= 11 is 0. The molecule has 1 aliphatic carbocycles. The van der Waals surface area contributed by atoms with Crippen LogP contribution in [0.3, 0.4) is 0 Å². The first-order valence-corrected chi connectivity index (χ1v) is 6.06. The summed E-state index contributed by atoms with van der Waals surface area (Å²) in [5.74, 6) is 0. The van der Waals surface area contributed by atoms with Gasteiger partial charge in [0, 0.05) is 30.4 Å². The fourth-order valence-corrected chi connectivity index (χ4v) is 1.72. The van der Waals surface area contributed by atoms with Crippen molar-refractivity contribution in [3.63, 3.8) is 0 Å². The number of nitrogens with zero attached hydrogens (tertiary/aromatic N) is 2. The Balaban J connectivity index is 1.90. The molecule has 1 heterocycles. The second kappa shape index (κ2) is 4.83. The van der Waals surface area contributed by atoms with Gasteiger partial charge in [0.25, 0.3) is 0 Å². The second-order valence-corrected chi connectivity index (χ2v) is 4.84. The Labute approximate surface area is 97.5 Å². The number of aryl methyl sites for hydroxylation is 1. The van der Waals surface area contributed by atoms with Crippen LogP contribution in [0.4, 0.5) is 0 Å². The van der Waals surface area contributed by atoms with Gasteiger partial charge in [-0.05, 0) is 33.1 Å². The normalized spacial score (nSPS) is 15.4. The molecular weight excluding hydrogens is 198 g/mol. The van der Waals surface area contributed by atoms with Gasteiger partial charge in [0.15, 0.2) is 0 Å². The van der Waals surface area contributed by atoms with Crippen molar-refractivity contribution in [1.82, 2.24) is 15.1 Å². The molecule has 0 aliphatic heterocycles. The molecule has 1 saturated carbocycles. The van der Waals surface area contributed by atoms with Crippen LogP contribution < -0.4 is 5.32 Å². The standard InChI is InChI=1S/C13H21N3/c1-10(2)6-7-16-11(3)12(9-15-16)8-14-13-4-5-13/h9,13-14H,1,4-8H2,2-3H3. The van der Waals surface area contributed by atoms with Gasteiger partial charge < -0.3 is 5.32 Å². The largest absolute Gasteiger partial charge is 0.310 e. The van der Waals surface area contributed by atoms with Crippen LogP contribution in [0.15, 0.2) is 18.3 Å². The molecule has 1 fully saturated rings. The first-order valence-electron chi connectivity index (χ1n) is 6.06. The number of hydrogen-bond donors (Lipinski definition) is 1. The van der Waals surface area contributed by atoms with E-state index in [1.54, 1.807) is 0 Å². The molecule has 0 bridgehead atoms. The molecule has 0 aromatic carbocycles. The minimum absolute atomic E-state index is 0.762. The number of rotatable bonds is 6. The average Bonchev–Trinajstić information content (AvgIpc) is 2.99. The minimum atomic E-state index is 0.762. The fourth-order valence-electron chi connectivity index (χ4n) is 1.72. The number of hydrogen-bond acceptors (Lipinski definition) is 2. The highest BCUT2D eigenvalue weighted by Gasteiger charge is 2.20. The van der Waals surface area contributed by atoms with E-state index in [9.17, 15) is 0 Å². The topological polar surface area (TPSA) is 29.9 Å². The summed E-state index contributed by atoms with van der Waals surface area (Å²) in [6.45, 7) is 10.0. The number of allylic oxidation sites excluding steroid dienone is 1. The summed E-state index contributed by atoms with van der Waals surface area (Å²) in [4.78, 5) is 0. The zero-order valence-electron chi connectivity index (χ0n) is 10.3. The molecule has 3 nitrogen and oxygen atoms in total. The van der Waals surface area contributed by atoms with Crippen molar-refractivity contribution in [3.05, 3.63) is 29.6 Å². The lowest BCUT2D eigenvalue weighted by Gasteiger charge is -2.06. The van der Waals surface area contributed by atoms with Crippen LogP contribution in [0.1, 0.15) is 37.4 Å². The van der Waals surface area contributed by atoms with Crippen LogP contribution in [-0.4, -0.2) is 15.8 Å². The van der Waals surface area contributed by atoms with Gasteiger partial charge in [0.05, 0.1) is 6.20 Å². The third-order valence-corrected chi connectivity index (χ3v) is 3.11. The molecule has 2 rings (SSSR count). The van der Waals surface area contributed by atoms with E-state index < -0.39 is 0 Å². The molecule has 0 unspecified atom stereocenters. The third kappa shape index (κ3) is 2.95. The maximum atomic E-state index is 4.42. The Morgan fingerprint density at radius 3 is 3.00 bits per heavy atom. The predicted octanol–water partition coefficient (Wildman–Crippen LogP) is 2.41. The van der Waals surface area contributed by atoms with Crippen molar-refractivity contribution in [2.75, 3.05) is 0 Å². The Morgan fingerprint density at radius 2 is 2.38 bits per heavy atom. The molecular formula is C13H21N3. The first kappa shape index (κ1) is 11.4. The average molecular weight is 219 g/mol. The number of nitrogens with one attached hydrogen (secondary N) is 1. The fraction of sp³-hybridized carbons (Fsp3) is 0.615. The number of aromatic nitrogens is 2. The highest BCUT2D eigenvalue weighted by molar-refractivity contribution is 5.16. The molecule has 1 aliphatic rings. The highest BCUT2D eigenvalue weighted by Crippen LogP contribution is 2.19. The first-order chi connectivity index (χ1) is 7.66. The molecule has 16 heavy (non-hydrogen) atoms. The van der Waals surface area contributed by atoms with E-state index >= 15 is 0 Å². The van der Waals surface area contributed by atoms with Crippen molar-refractivity contribution in [2.24, 2.45) is 0 Å². The van der Waals surface area contributed by atoms with Crippen LogP contribution in [0.5, 0.6) is 0 Å². The van der Waals surface area contributed by atoms with Crippen LogP contribution in [0.25, 0.3) is 0 Å². The van der Waals surface area contributed by atoms with Crippen molar-refractivity contribution in [2.45, 2.75) is 52.2 Å². The van der Waals surface area contributed by atoms with Crippen LogP contribution >= 0.6 is 0 Å². The van der Waals surface area contributed by atoms with Crippen LogP contribution in [0.2, 0.25) is 0 Å². The van der Waals surface area contributed by atoms with Gasteiger partial charge >= 0.3 is 0 Å². The van der Waals surface area contributed by atoms with Crippen molar-refractivity contribution in [1.29, 1.82) is 0 Å². The van der Waals surface area contributed by atoms with E-state index in [0.29, 0.717) is 0 Å². The van der Waals surface area contributed by atoms with E-state index in [2.05, 4.69) is 35.5 Å². The highest BCUT2D eigenvalue weighted by atomic mass is 15.3. The van der Waals surface area contributed by atoms with Gasteiger partial charge in [0.2, 0.25) is 0 Å². The zero-order chi connectivity index (χ0) is 11.5. The Morgan fingerprint density at radius 1 is 1.62 bits per heavy atom. The third-order valence-electron chi connectivity index (χ3n) is 3.11. The smallest absolute Gasteiger partial charge is 0.0537 e. The Hall–Kier alpha value is -1.09. The summed E-state index contributed by atoms with van der Waals surface area (Å²) in [5.41, 5.74) is 3.83. The molecule has 0 amide bonds. The van der Waals surface area contributed by atoms with E-state index in [-0.39, 0.29) is 0 Å². The monoisotopic (exact) mass is 219 g/mol. The van der Waals surface area contributed by atoms with Crippen molar-refractivity contribution < 1.29 is 0 Å². The maximum absolute atomic E-state index is 4.42. The molecule has 0 radical (unpaired) electrons. The molecule has 88 valence electrons. The van der Waals surface area contributed by atoms with E-state index in [4.69, 9.17) is 0 Å². The Kier molecular flexibility index (Phi) is 3.44. The lowest BCUT2D eigenvalue weighted by Crippen LogP contribution is -2.15. The van der Waals surface area contributed by atoms with Crippen LogP contribution in [-0.2, 0) is 13.1 Å². The molecule has 0 saturated heterocycles. The summed E-state index contributed by atoms with van der Waals surface area (Å²) < 4.78 is 2.08. The van der Waals surface area contributed by atoms with Crippen molar-refractivity contribution >= 4 is 0 Å². The van der Waals surface area contributed by atoms with Crippen LogP contribution in [0, 0.1) is 6.92 Å². The van der Waals surface area contributed by atoms with Crippen molar-refractivity contribution in [3.8, 4) is 0 Å². The second-order valence-electron chi connectivity index (χ2n) is 4.84. The van der Waals surface area contributed by atoms with E-state index in [1.807, 2.05) is 6.20 Å². The molecule has 0 atom stereocenters. The minimum Gasteiger partial charge on any atom is -0.310 e. The van der Waals surface area contributed by atoms with Gasteiger partial charge in [-0.15, -0.1) is 6.58 Å².